The first-order chi connectivity index (χ1) is 12.7. The summed E-state index contributed by atoms with van der Waals surface area (Å²) in [6, 6.07) is 4.51. The van der Waals surface area contributed by atoms with Crippen LogP contribution in [0.25, 0.3) is 0 Å². The van der Waals surface area contributed by atoms with E-state index >= 15 is 0 Å². The van der Waals surface area contributed by atoms with E-state index in [1.165, 1.54) is 18.3 Å². The van der Waals surface area contributed by atoms with Gasteiger partial charge >= 0.3 is 6.18 Å². The van der Waals surface area contributed by atoms with E-state index in [4.69, 9.17) is 0 Å². The number of hydrogen-bond donors (Lipinski definition) is 2. The number of alkyl halides is 3. The first kappa shape index (κ1) is 19.4. The van der Waals surface area contributed by atoms with Crippen molar-refractivity contribution >= 4 is 11.4 Å². The van der Waals surface area contributed by atoms with Gasteiger partial charge in [0.05, 0.1) is 0 Å². The van der Waals surface area contributed by atoms with Crippen molar-refractivity contribution in [2.24, 2.45) is 0 Å². The van der Waals surface area contributed by atoms with E-state index in [0.717, 1.165) is 12.1 Å². The Kier molecular flexibility index (Phi) is 5.03. The molecule has 1 aromatic heterocycles. The summed E-state index contributed by atoms with van der Waals surface area (Å²) in [5.74, 6) is -0.750. The van der Waals surface area contributed by atoms with Gasteiger partial charge in [0.2, 0.25) is 0 Å². The van der Waals surface area contributed by atoms with Gasteiger partial charge in [-0.05, 0) is 55.9 Å². The molecule has 2 aromatic rings. The highest BCUT2D eigenvalue weighted by Crippen LogP contribution is 2.55. The predicted octanol–water partition coefficient (Wildman–Crippen LogP) is 4.15. The third-order valence-electron chi connectivity index (χ3n) is 5.30. The van der Waals surface area contributed by atoms with Crippen molar-refractivity contribution in [3.63, 3.8) is 0 Å². The van der Waals surface area contributed by atoms with Gasteiger partial charge in [0, 0.05) is 17.4 Å². The molecule has 27 heavy (non-hydrogen) atoms. The van der Waals surface area contributed by atoms with Gasteiger partial charge in [-0.25, -0.2) is 4.39 Å². The molecule has 1 aromatic carbocycles. The molecule has 0 saturated carbocycles. The number of anilines is 2. The fourth-order valence-corrected chi connectivity index (χ4v) is 3.80. The number of nitrogens with one attached hydrogen (secondary N) is 2. The smallest absolute Gasteiger partial charge is 0.351 e. The Morgan fingerprint density at radius 2 is 1.81 bits per heavy atom. The molecule has 0 spiro atoms. The van der Waals surface area contributed by atoms with Crippen LogP contribution in [0.3, 0.4) is 0 Å². The van der Waals surface area contributed by atoms with Crippen LogP contribution in [0.2, 0.25) is 0 Å². The minimum absolute atomic E-state index is 0.0949. The number of benzene rings is 1. The molecular weight excluding hydrogens is 362 g/mol. The Balaban J connectivity index is 2.29. The van der Waals surface area contributed by atoms with Gasteiger partial charge < -0.3 is 15.2 Å². The van der Waals surface area contributed by atoms with E-state index < -0.39 is 23.0 Å². The second kappa shape index (κ2) is 6.99. The molecule has 1 atom stereocenters. The van der Waals surface area contributed by atoms with Crippen molar-refractivity contribution in [3.05, 3.63) is 57.8 Å². The van der Waals surface area contributed by atoms with Gasteiger partial charge in [0.25, 0.3) is 5.56 Å². The maximum Gasteiger partial charge on any atom is 0.402 e. The molecule has 1 aliphatic heterocycles. The molecule has 0 amide bonds. The quantitative estimate of drug-likeness (QED) is 0.763. The number of aromatic nitrogens is 1. The van der Waals surface area contributed by atoms with Crippen LogP contribution in [0.1, 0.15) is 31.4 Å². The van der Waals surface area contributed by atoms with Crippen molar-refractivity contribution in [3.8, 4) is 0 Å². The van der Waals surface area contributed by atoms with Crippen molar-refractivity contribution in [2.75, 3.05) is 25.0 Å². The summed E-state index contributed by atoms with van der Waals surface area (Å²) >= 11 is 0. The Morgan fingerprint density at radius 1 is 1.11 bits per heavy atom. The molecule has 0 bridgehead atoms. The molecule has 2 N–H and O–H groups in total. The molecule has 0 radical (unpaired) electrons. The third kappa shape index (κ3) is 3.12. The van der Waals surface area contributed by atoms with Crippen LogP contribution in [0.15, 0.2) is 35.3 Å². The lowest BCUT2D eigenvalue weighted by atomic mass is 9.68. The maximum absolute atomic E-state index is 14.6. The monoisotopic (exact) mass is 383 g/mol. The van der Waals surface area contributed by atoms with E-state index in [2.05, 4.69) is 10.3 Å². The van der Waals surface area contributed by atoms with Crippen LogP contribution >= 0.6 is 0 Å². The Hall–Kier alpha value is -2.35. The summed E-state index contributed by atoms with van der Waals surface area (Å²) in [4.78, 5) is 16.5. The summed E-state index contributed by atoms with van der Waals surface area (Å²) in [7, 11) is 0. The van der Waals surface area contributed by atoms with Crippen molar-refractivity contribution in [1.29, 1.82) is 0 Å². The molecule has 146 valence electrons. The average Bonchev–Trinajstić information content (AvgIpc) is 2.61. The second-order valence-corrected chi connectivity index (χ2v) is 6.59. The Bertz CT molecular complexity index is 889. The normalized spacial score (nSPS) is 18.8. The van der Waals surface area contributed by atoms with E-state index in [1.807, 2.05) is 18.7 Å². The minimum Gasteiger partial charge on any atom is -0.351 e. The van der Waals surface area contributed by atoms with Crippen LogP contribution in [-0.2, 0) is 5.41 Å². The molecule has 2 heterocycles. The SMILES string of the molecule is CCN(CC)CCC1(C(F)(F)F)c2cc(F)ccc2Nc2c1cc[nH]c2=O. The molecule has 8 heteroatoms. The lowest BCUT2D eigenvalue weighted by molar-refractivity contribution is -0.181. The van der Waals surface area contributed by atoms with E-state index in [9.17, 15) is 22.4 Å². The van der Waals surface area contributed by atoms with Crippen molar-refractivity contribution < 1.29 is 17.6 Å². The van der Waals surface area contributed by atoms with Gasteiger partial charge in [0.15, 0.2) is 0 Å². The number of aromatic amines is 1. The highest BCUT2D eigenvalue weighted by Gasteiger charge is 2.60. The molecule has 0 fully saturated rings. The standard InChI is InChI=1S/C19H21F4N3O/c1-3-26(4-2)10-8-18(19(21,22)23)13-7-9-24-17(27)16(13)25-15-6-5-12(20)11-14(15)18/h5-7,9,11,25H,3-4,8,10H2,1-2H3,(H,24,27). The molecule has 3 rings (SSSR count). The summed E-state index contributed by atoms with van der Waals surface area (Å²) in [6.07, 6.45) is -3.83. The van der Waals surface area contributed by atoms with Gasteiger partial charge in [-0.3, -0.25) is 4.79 Å². The van der Waals surface area contributed by atoms with E-state index in [0.29, 0.717) is 13.1 Å². The van der Waals surface area contributed by atoms with Gasteiger partial charge in [-0.15, -0.1) is 0 Å². The molecular formula is C19H21F4N3O. The lowest BCUT2D eigenvalue weighted by Crippen LogP contribution is -2.49. The zero-order chi connectivity index (χ0) is 19.8. The summed E-state index contributed by atoms with van der Waals surface area (Å²) < 4.78 is 57.7. The van der Waals surface area contributed by atoms with Gasteiger partial charge in [-0.2, -0.15) is 13.2 Å². The lowest BCUT2D eigenvalue weighted by Gasteiger charge is -2.42. The summed E-state index contributed by atoms with van der Waals surface area (Å²) in [5.41, 5.74) is -3.53. The average molecular weight is 383 g/mol. The number of halogens is 4. The molecule has 1 aliphatic rings. The Labute approximate surface area is 154 Å². The first-order valence-electron chi connectivity index (χ1n) is 8.83. The highest BCUT2D eigenvalue weighted by molar-refractivity contribution is 5.75. The number of nitrogens with zero attached hydrogens (tertiary/aromatic N) is 1. The molecule has 1 unspecified atom stereocenters. The number of pyridine rings is 1. The van der Waals surface area contributed by atoms with Crippen LogP contribution in [0, 0.1) is 5.82 Å². The summed E-state index contributed by atoms with van der Waals surface area (Å²) in [5, 5.41) is 2.75. The number of H-pyrrole nitrogens is 1. The summed E-state index contributed by atoms with van der Waals surface area (Å²) in [6.45, 7) is 5.10. The highest BCUT2D eigenvalue weighted by atomic mass is 19.4. The van der Waals surface area contributed by atoms with E-state index in [-0.39, 0.29) is 35.5 Å². The van der Waals surface area contributed by atoms with Crippen molar-refractivity contribution in [1.82, 2.24) is 9.88 Å². The Morgan fingerprint density at radius 3 is 2.44 bits per heavy atom. The maximum atomic E-state index is 14.6. The van der Waals surface area contributed by atoms with E-state index in [1.54, 1.807) is 0 Å². The van der Waals surface area contributed by atoms with Gasteiger partial charge in [0.1, 0.15) is 16.9 Å². The second-order valence-electron chi connectivity index (χ2n) is 6.59. The largest absolute Gasteiger partial charge is 0.402 e. The fraction of sp³-hybridized carbons (Fsp3) is 0.421. The number of fused-ring (bicyclic) bond motifs is 2. The first-order valence-corrected chi connectivity index (χ1v) is 8.83. The van der Waals surface area contributed by atoms with Crippen LogP contribution < -0.4 is 10.9 Å². The predicted molar refractivity (Wildman–Crippen MR) is 96.0 cm³/mol. The number of hydrogen-bond acceptors (Lipinski definition) is 3. The molecule has 0 aliphatic carbocycles. The van der Waals surface area contributed by atoms with Crippen molar-refractivity contribution in [2.45, 2.75) is 31.9 Å². The van der Waals surface area contributed by atoms with Gasteiger partial charge in [-0.1, -0.05) is 13.8 Å². The number of rotatable bonds is 5. The zero-order valence-corrected chi connectivity index (χ0v) is 15.1. The van der Waals surface area contributed by atoms with Crippen LogP contribution in [0.5, 0.6) is 0 Å². The minimum atomic E-state index is -4.71. The fourth-order valence-electron chi connectivity index (χ4n) is 3.80. The third-order valence-corrected chi connectivity index (χ3v) is 5.30. The molecule has 4 nitrogen and oxygen atoms in total. The topological polar surface area (TPSA) is 48.1 Å². The van der Waals surface area contributed by atoms with Crippen LogP contribution in [0.4, 0.5) is 28.9 Å². The zero-order valence-electron chi connectivity index (χ0n) is 15.1. The van der Waals surface area contributed by atoms with Crippen LogP contribution in [-0.4, -0.2) is 35.7 Å². The molecule has 0 saturated heterocycles.